The Bertz CT molecular complexity index is 750. The molecule has 0 saturated heterocycles. The molecule has 0 aliphatic carbocycles. The van der Waals surface area contributed by atoms with E-state index in [0.29, 0.717) is 0 Å². The van der Waals surface area contributed by atoms with Gasteiger partial charge in [0.05, 0.1) is 6.61 Å². The van der Waals surface area contributed by atoms with Crippen LogP contribution in [-0.4, -0.2) is 6.61 Å². The van der Waals surface area contributed by atoms with E-state index >= 15 is 0 Å². The van der Waals surface area contributed by atoms with E-state index in [2.05, 4.69) is 66.8 Å². The molecule has 0 spiro atoms. The van der Waals surface area contributed by atoms with Crippen LogP contribution in [0.5, 0.6) is 5.75 Å². The van der Waals surface area contributed by atoms with Crippen LogP contribution in [0.1, 0.15) is 18.9 Å². The Morgan fingerprint density at radius 2 is 1.54 bits per heavy atom. The van der Waals surface area contributed by atoms with Gasteiger partial charge in [-0.25, -0.2) is 0 Å². The summed E-state index contributed by atoms with van der Waals surface area (Å²) < 4.78 is 5.67. The summed E-state index contributed by atoms with van der Waals surface area (Å²) in [6.45, 7) is 3.66. The summed E-state index contributed by atoms with van der Waals surface area (Å²) >= 11 is 0. The largest absolute Gasteiger partial charge is 0.494 e. The van der Waals surface area contributed by atoms with Crippen LogP contribution in [0, 0.1) is 0 Å². The summed E-state index contributed by atoms with van der Waals surface area (Å²) in [6, 6.07) is 27.3. The predicted octanol–water partition coefficient (Wildman–Crippen LogP) is 5.75. The maximum atomic E-state index is 5.67. The molecule has 0 saturated carbocycles. The van der Waals surface area contributed by atoms with Gasteiger partial charge in [0.25, 0.3) is 0 Å². The fraction of sp³-hybridized carbons (Fsp3) is 0.182. The van der Waals surface area contributed by atoms with Gasteiger partial charge in [0, 0.05) is 18.3 Å². The van der Waals surface area contributed by atoms with Crippen LogP contribution >= 0.6 is 0 Å². The molecule has 0 bridgehead atoms. The third kappa shape index (κ3) is 4.39. The molecule has 3 rings (SSSR count). The second kappa shape index (κ2) is 8.21. The maximum Gasteiger partial charge on any atom is 0.121 e. The van der Waals surface area contributed by atoms with Crippen LogP contribution in [0.2, 0.25) is 0 Å². The van der Waals surface area contributed by atoms with Gasteiger partial charge in [-0.05, 0) is 35.2 Å². The fourth-order valence-corrected chi connectivity index (χ4v) is 2.57. The van der Waals surface area contributed by atoms with Gasteiger partial charge in [-0.2, -0.15) is 0 Å². The second-order valence-electron chi connectivity index (χ2n) is 5.79. The molecule has 0 amide bonds. The summed E-state index contributed by atoms with van der Waals surface area (Å²) in [5.74, 6) is 0.918. The molecule has 0 heterocycles. The van der Waals surface area contributed by atoms with E-state index in [1.165, 1.54) is 16.7 Å². The number of rotatable bonds is 7. The lowest BCUT2D eigenvalue weighted by molar-refractivity contribution is 0.317. The molecule has 0 aromatic heterocycles. The average molecular weight is 317 g/mol. The van der Waals surface area contributed by atoms with Gasteiger partial charge in [-0.15, -0.1) is 0 Å². The molecule has 1 N–H and O–H groups in total. The average Bonchev–Trinajstić information content (AvgIpc) is 2.66. The van der Waals surface area contributed by atoms with Crippen molar-refractivity contribution >= 4 is 5.69 Å². The molecule has 0 fully saturated rings. The summed E-state index contributed by atoms with van der Waals surface area (Å²) in [4.78, 5) is 0. The molecule has 2 nitrogen and oxygen atoms in total. The van der Waals surface area contributed by atoms with Crippen molar-refractivity contribution in [1.29, 1.82) is 0 Å². The fourth-order valence-electron chi connectivity index (χ4n) is 2.57. The molecule has 0 aliphatic rings. The van der Waals surface area contributed by atoms with Crippen LogP contribution in [0.3, 0.4) is 0 Å². The summed E-state index contributed by atoms with van der Waals surface area (Å²) in [5.41, 5.74) is 4.83. The van der Waals surface area contributed by atoms with Gasteiger partial charge in [0.15, 0.2) is 0 Å². The lowest BCUT2D eigenvalue weighted by Crippen LogP contribution is -2.00. The Hall–Kier alpha value is -2.74. The minimum atomic E-state index is 0.754. The van der Waals surface area contributed by atoms with Crippen molar-refractivity contribution in [2.45, 2.75) is 19.9 Å². The molecular weight excluding hydrogens is 294 g/mol. The topological polar surface area (TPSA) is 21.3 Å². The van der Waals surface area contributed by atoms with Gasteiger partial charge in [-0.3, -0.25) is 0 Å². The lowest BCUT2D eigenvalue weighted by Gasteiger charge is -2.10. The van der Waals surface area contributed by atoms with Crippen molar-refractivity contribution in [2.75, 3.05) is 11.9 Å². The minimum absolute atomic E-state index is 0.754. The number of benzene rings is 3. The van der Waals surface area contributed by atoms with Crippen LogP contribution in [0.25, 0.3) is 11.1 Å². The van der Waals surface area contributed by atoms with E-state index in [9.17, 15) is 0 Å². The van der Waals surface area contributed by atoms with E-state index in [-0.39, 0.29) is 0 Å². The normalized spacial score (nSPS) is 10.4. The highest BCUT2D eigenvalue weighted by molar-refractivity contribution is 5.63. The zero-order chi connectivity index (χ0) is 16.6. The molecular formula is C22H23NO. The van der Waals surface area contributed by atoms with Gasteiger partial charge in [0.2, 0.25) is 0 Å². The third-order valence-electron chi connectivity index (χ3n) is 3.86. The van der Waals surface area contributed by atoms with Crippen molar-refractivity contribution in [3.05, 3.63) is 84.4 Å². The number of anilines is 1. The SMILES string of the molecule is CCCOc1cccc(NCc2ccc(-c3ccccc3)cc2)c1. The van der Waals surface area contributed by atoms with Crippen molar-refractivity contribution < 1.29 is 4.74 Å². The Kier molecular flexibility index (Phi) is 5.52. The first-order valence-corrected chi connectivity index (χ1v) is 8.46. The molecule has 24 heavy (non-hydrogen) atoms. The zero-order valence-corrected chi connectivity index (χ0v) is 14.0. The summed E-state index contributed by atoms with van der Waals surface area (Å²) in [6.07, 6.45) is 1.02. The molecule has 3 aromatic rings. The number of hydrogen-bond acceptors (Lipinski definition) is 2. The minimum Gasteiger partial charge on any atom is -0.494 e. The molecule has 122 valence electrons. The van der Waals surface area contributed by atoms with Crippen LogP contribution in [-0.2, 0) is 6.54 Å². The Morgan fingerprint density at radius 1 is 0.792 bits per heavy atom. The van der Waals surface area contributed by atoms with Gasteiger partial charge >= 0.3 is 0 Å². The summed E-state index contributed by atoms with van der Waals surface area (Å²) in [5, 5.41) is 3.46. The maximum absolute atomic E-state index is 5.67. The highest BCUT2D eigenvalue weighted by Gasteiger charge is 1.99. The van der Waals surface area contributed by atoms with Crippen molar-refractivity contribution in [2.24, 2.45) is 0 Å². The Labute approximate surface area is 144 Å². The van der Waals surface area contributed by atoms with Gasteiger partial charge < -0.3 is 10.1 Å². The predicted molar refractivity (Wildman–Crippen MR) is 101 cm³/mol. The molecule has 0 unspecified atom stereocenters. The number of nitrogens with one attached hydrogen (secondary N) is 1. The number of hydrogen-bond donors (Lipinski definition) is 1. The van der Waals surface area contributed by atoms with E-state index in [4.69, 9.17) is 4.74 Å². The molecule has 0 atom stereocenters. The first-order valence-electron chi connectivity index (χ1n) is 8.46. The zero-order valence-electron chi connectivity index (χ0n) is 14.0. The highest BCUT2D eigenvalue weighted by Crippen LogP contribution is 2.21. The van der Waals surface area contributed by atoms with E-state index in [0.717, 1.165) is 31.0 Å². The highest BCUT2D eigenvalue weighted by atomic mass is 16.5. The van der Waals surface area contributed by atoms with Crippen molar-refractivity contribution in [3.8, 4) is 16.9 Å². The van der Waals surface area contributed by atoms with E-state index in [1.807, 2.05) is 24.3 Å². The molecule has 0 radical (unpaired) electrons. The monoisotopic (exact) mass is 317 g/mol. The first-order chi connectivity index (χ1) is 11.8. The first kappa shape index (κ1) is 16.1. The Morgan fingerprint density at radius 3 is 2.29 bits per heavy atom. The van der Waals surface area contributed by atoms with Crippen LogP contribution in [0.4, 0.5) is 5.69 Å². The second-order valence-corrected chi connectivity index (χ2v) is 5.79. The van der Waals surface area contributed by atoms with Crippen LogP contribution in [0.15, 0.2) is 78.9 Å². The van der Waals surface area contributed by atoms with Crippen molar-refractivity contribution in [1.82, 2.24) is 0 Å². The number of ether oxygens (including phenoxy) is 1. The van der Waals surface area contributed by atoms with Gasteiger partial charge in [0.1, 0.15) is 5.75 Å². The molecule has 2 heteroatoms. The molecule has 3 aromatic carbocycles. The van der Waals surface area contributed by atoms with Crippen molar-refractivity contribution in [3.63, 3.8) is 0 Å². The van der Waals surface area contributed by atoms with E-state index in [1.54, 1.807) is 0 Å². The third-order valence-corrected chi connectivity index (χ3v) is 3.86. The smallest absolute Gasteiger partial charge is 0.121 e. The quantitative estimate of drug-likeness (QED) is 0.598. The standard InChI is InChI=1S/C22H23NO/c1-2-15-24-22-10-6-9-21(16-22)23-17-18-11-13-20(14-12-18)19-7-4-3-5-8-19/h3-14,16,23H,2,15,17H2,1H3. The van der Waals surface area contributed by atoms with E-state index < -0.39 is 0 Å². The molecule has 0 aliphatic heterocycles. The Balaban J connectivity index is 1.61. The van der Waals surface area contributed by atoms with Gasteiger partial charge in [-0.1, -0.05) is 67.6 Å². The van der Waals surface area contributed by atoms with Crippen LogP contribution < -0.4 is 10.1 Å². The lowest BCUT2D eigenvalue weighted by atomic mass is 10.0. The summed E-state index contributed by atoms with van der Waals surface area (Å²) in [7, 11) is 0.